The van der Waals surface area contributed by atoms with Crippen molar-refractivity contribution in [3.63, 3.8) is 0 Å². The Bertz CT molecular complexity index is 823. The number of halogens is 1. The topological polar surface area (TPSA) is 140 Å². The molecule has 0 amide bonds. The summed E-state index contributed by atoms with van der Waals surface area (Å²) in [6.07, 6.45) is 0. The molecule has 0 aliphatic heterocycles. The van der Waals surface area contributed by atoms with E-state index in [0.29, 0.717) is 60.4 Å². The summed E-state index contributed by atoms with van der Waals surface area (Å²) in [6.45, 7) is 2.29. The molecule has 10 heteroatoms. The third kappa shape index (κ3) is 7.54. The van der Waals surface area contributed by atoms with Crippen molar-refractivity contribution in [2.45, 2.75) is 0 Å². The SMILES string of the molecule is COc1cc(C(=N)N)ccc1OCCN(C)CCOc1ccc(C(=N)N)cc1OC.Cl. The van der Waals surface area contributed by atoms with Crippen molar-refractivity contribution in [3.8, 4) is 23.0 Å². The zero-order valence-electron chi connectivity index (χ0n) is 17.9. The average molecular weight is 452 g/mol. The van der Waals surface area contributed by atoms with E-state index in [0.717, 1.165) is 0 Å². The van der Waals surface area contributed by atoms with Gasteiger partial charge < -0.3 is 30.4 Å². The second-order valence-electron chi connectivity index (χ2n) is 6.56. The van der Waals surface area contributed by atoms with Crippen molar-refractivity contribution in [1.82, 2.24) is 4.90 Å². The molecule has 31 heavy (non-hydrogen) atoms. The fraction of sp³-hybridized carbons (Fsp3) is 0.333. The van der Waals surface area contributed by atoms with Crippen molar-refractivity contribution in [2.24, 2.45) is 11.5 Å². The van der Waals surface area contributed by atoms with E-state index in [2.05, 4.69) is 4.90 Å². The number of nitrogens with two attached hydrogens (primary N) is 2. The monoisotopic (exact) mass is 451 g/mol. The zero-order chi connectivity index (χ0) is 22.1. The summed E-state index contributed by atoms with van der Waals surface area (Å²) in [7, 11) is 5.07. The Morgan fingerprint density at radius 3 is 1.48 bits per heavy atom. The van der Waals surface area contributed by atoms with Crippen LogP contribution in [0.1, 0.15) is 11.1 Å². The van der Waals surface area contributed by atoms with Crippen LogP contribution in [0.15, 0.2) is 36.4 Å². The summed E-state index contributed by atoms with van der Waals surface area (Å²) >= 11 is 0. The first-order valence-corrected chi connectivity index (χ1v) is 9.34. The van der Waals surface area contributed by atoms with E-state index in [9.17, 15) is 0 Å². The number of nitrogen functional groups attached to an aromatic ring is 2. The third-order valence-electron chi connectivity index (χ3n) is 4.41. The predicted octanol–water partition coefficient (Wildman–Crippen LogP) is 2.08. The Balaban J connectivity index is 0.00000480. The van der Waals surface area contributed by atoms with Crippen LogP contribution in [-0.2, 0) is 0 Å². The Morgan fingerprint density at radius 1 is 0.774 bits per heavy atom. The molecular formula is C21H30ClN5O4. The first kappa shape index (κ1) is 25.9. The minimum Gasteiger partial charge on any atom is -0.493 e. The summed E-state index contributed by atoms with van der Waals surface area (Å²) in [5.41, 5.74) is 12.2. The van der Waals surface area contributed by atoms with Gasteiger partial charge in [-0.15, -0.1) is 12.4 Å². The van der Waals surface area contributed by atoms with E-state index in [1.807, 2.05) is 7.05 Å². The summed E-state index contributed by atoms with van der Waals surface area (Å²) in [5, 5.41) is 15.0. The summed E-state index contributed by atoms with van der Waals surface area (Å²) in [4.78, 5) is 2.08. The van der Waals surface area contributed by atoms with Crippen LogP contribution in [0.2, 0.25) is 0 Å². The number of likely N-dealkylation sites (N-methyl/N-ethyl adjacent to an activating group) is 1. The van der Waals surface area contributed by atoms with Gasteiger partial charge in [0.25, 0.3) is 0 Å². The molecule has 0 spiro atoms. The maximum absolute atomic E-state index is 7.49. The number of benzene rings is 2. The first-order chi connectivity index (χ1) is 14.3. The normalized spacial score (nSPS) is 10.2. The van der Waals surface area contributed by atoms with Crippen molar-refractivity contribution in [2.75, 3.05) is 47.6 Å². The smallest absolute Gasteiger partial charge is 0.161 e. The van der Waals surface area contributed by atoms with Crippen LogP contribution in [0.4, 0.5) is 0 Å². The highest BCUT2D eigenvalue weighted by Crippen LogP contribution is 2.28. The molecule has 2 aromatic carbocycles. The van der Waals surface area contributed by atoms with E-state index in [4.69, 9.17) is 41.2 Å². The van der Waals surface area contributed by atoms with Crippen molar-refractivity contribution in [3.05, 3.63) is 47.5 Å². The lowest BCUT2D eigenvalue weighted by Gasteiger charge is -2.19. The molecule has 0 heterocycles. The maximum Gasteiger partial charge on any atom is 0.161 e. The number of nitrogens with zero attached hydrogens (tertiary/aromatic N) is 1. The van der Waals surface area contributed by atoms with Gasteiger partial charge in [-0.05, 0) is 43.4 Å². The molecule has 0 aliphatic rings. The molecule has 2 rings (SSSR count). The van der Waals surface area contributed by atoms with Gasteiger partial charge in [-0.3, -0.25) is 15.7 Å². The minimum atomic E-state index is -0.0212. The molecule has 0 unspecified atom stereocenters. The summed E-state index contributed by atoms with van der Waals surface area (Å²) in [6, 6.07) is 10.3. The molecular weight excluding hydrogens is 422 g/mol. The molecule has 6 N–H and O–H groups in total. The predicted molar refractivity (Wildman–Crippen MR) is 124 cm³/mol. The largest absolute Gasteiger partial charge is 0.493 e. The highest BCUT2D eigenvalue weighted by Gasteiger charge is 2.10. The zero-order valence-corrected chi connectivity index (χ0v) is 18.8. The molecule has 0 fully saturated rings. The lowest BCUT2D eigenvalue weighted by molar-refractivity contribution is 0.196. The van der Waals surface area contributed by atoms with Crippen LogP contribution in [-0.4, -0.2) is 64.1 Å². The molecule has 0 saturated carbocycles. The highest BCUT2D eigenvalue weighted by molar-refractivity contribution is 5.96. The number of hydrogen-bond donors (Lipinski definition) is 4. The molecule has 0 bridgehead atoms. The minimum absolute atomic E-state index is 0. The Hall–Kier alpha value is -3.17. The van der Waals surface area contributed by atoms with Gasteiger partial charge in [0.05, 0.1) is 14.2 Å². The maximum atomic E-state index is 7.49. The average Bonchev–Trinajstić information content (AvgIpc) is 2.73. The van der Waals surface area contributed by atoms with E-state index >= 15 is 0 Å². The van der Waals surface area contributed by atoms with Crippen molar-refractivity contribution >= 4 is 24.1 Å². The number of nitrogens with one attached hydrogen (secondary N) is 2. The van der Waals surface area contributed by atoms with Crippen LogP contribution < -0.4 is 30.4 Å². The van der Waals surface area contributed by atoms with Gasteiger partial charge in [-0.2, -0.15) is 0 Å². The van der Waals surface area contributed by atoms with Crippen molar-refractivity contribution < 1.29 is 18.9 Å². The lowest BCUT2D eigenvalue weighted by Crippen LogP contribution is -2.28. The van der Waals surface area contributed by atoms with E-state index in [-0.39, 0.29) is 24.1 Å². The third-order valence-corrected chi connectivity index (χ3v) is 4.41. The van der Waals surface area contributed by atoms with Gasteiger partial charge in [0.1, 0.15) is 24.9 Å². The van der Waals surface area contributed by atoms with Gasteiger partial charge in [0.15, 0.2) is 23.0 Å². The van der Waals surface area contributed by atoms with E-state index in [1.165, 1.54) is 0 Å². The van der Waals surface area contributed by atoms with Gasteiger partial charge >= 0.3 is 0 Å². The Labute approximate surface area is 188 Å². The lowest BCUT2D eigenvalue weighted by atomic mass is 10.2. The molecule has 170 valence electrons. The van der Waals surface area contributed by atoms with Crippen LogP contribution in [0, 0.1) is 10.8 Å². The first-order valence-electron chi connectivity index (χ1n) is 9.34. The second kappa shape index (κ2) is 12.5. The molecule has 2 aromatic rings. The molecule has 0 atom stereocenters. The standard InChI is InChI=1S/C21H29N5O4.ClH/c1-26(8-10-29-16-6-4-14(20(22)23)12-18(16)27-2)9-11-30-17-7-5-15(21(24)25)13-19(17)28-3;/h4-7,12-13H,8-11H2,1-3H3,(H3,22,23)(H3,24,25);1H. The van der Waals surface area contributed by atoms with Gasteiger partial charge in [-0.1, -0.05) is 0 Å². The fourth-order valence-electron chi connectivity index (χ4n) is 2.64. The fourth-order valence-corrected chi connectivity index (χ4v) is 2.64. The second-order valence-corrected chi connectivity index (χ2v) is 6.56. The van der Waals surface area contributed by atoms with E-state index < -0.39 is 0 Å². The number of ether oxygens (including phenoxy) is 4. The molecule has 0 saturated heterocycles. The van der Waals surface area contributed by atoms with Gasteiger partial charge in [0.2, 0.25) is 0 Å². The summed E-state index contributed by atoms with van der Waals surface area (Å²) < 4.78 is 22.2. The number of rotatable bonds is 12. The van der Waals surface area contributed by atoms with Crippen LogP contribution in [0.3, 0.4) is 0 Å². The number of amidine groups is 2. The molecule has 0 radical (unpaired) electrons. The van der Waals surface area contributed by atoms with E-state index in [1.54, 1.807) is 50.6 Å². The highest BCUT2D eigenvalue weighted by atomic mass is 35.5. The van der Waals surface area contributed by atoms with Crippen LogP contribution in [0.25, 0.3) is 0 Å². The molecule has 0 aliphatic carbocycles. The quantitative estimate of drug-likeness (QED) is 0.286. The number of methoxy groups -OCH3 is 2. The summed E-state index contributed by atoms with van der Waals surface area (Å²) in [5.74, 6) is 2.23. The Kier molecular flexibility index (Phi) is 10.4. The van der Waals surface area contributed by atoms with Crippen molar-refractivity contribution in [1.29, 1.82) is 10.8 Å². The number of hydrogen-bond acceptors (Lipinski definition) is 7. The molecule has 9 nitrogen and oxygen atoms in total. The van der Waals surface area contributed by atoms with Crippen LogP contribution >= 0.6 is 12.4 Å². The Morgan fingerprint density at radius 2 is 1.16 bits per heavy atom. The molecule has 0 aromatic heterocycles. The van der Waals surface area contributed by atoms with Gasteiger partial charge in [-0.25, -0.2) is 0 Å². The van der Waals surface area contributed by atoms with Crippen LogP contribution in [0.5, 0.6) is 23.0 Å². The van der Waals surface area contributed by atoms with Gasteiger partial charge in [0, 0.05) is 24.2 Å².